The summed E-state index contributed by atoms with van der Waals surface area (Å²) < 4.78 is 5.73. The molecule has 1 aliphatic heterocycles. The second kappa shape index (κ2) is 4.06. The lowest BCUT2D eigenvalue weighted by Crippen LogP contribution is -2.21. The van der Waals surface area contributed by atoms with Gasteiger partial charge >= 0.3 is 11.9 Å². The van der Waals surface area contributed by atoms with E-state index in [-0.39, 0.29) is 17.2 Å². The summed E-state index contributed by atoms with van der Waals surface area (Å²) in [7, 11) is 0. The minimum atomic E-state index is -1.12. The number of ether oxygens (including phenoxy) is 1. The summed E-state index contributed by atoms with van der Waals surface area (Å²) in [6.07, 6.45) is 3.96. The Balaban J connectivity index is 2.06. The fourth-order valence-corrected chi connectivity index (χ4v) is 3.04. The Labute approximate surface area is 109 Å². The Morgan fingerprint density at radius 1 is 1.21 bits per heavy atom. The monoisotopic (exact) mass is 262 g/mol. The van der Waals surface area contributed by atoms with Crippen LogP contribution in [0.2, 0.25) is 0 Å². The van der Waals surface area contributed by atoms with Gasteiger partial charge in [-0.05, 0) is 25.0 Å². The van der Waals surface area contributed by atoms with Crippen molar-refractivity contribution >= 4 is 11.9 Å². The summed E-state index contributed by atoms with van der Waals surface area (Å²) >= 11 is 0. The zero-order valence-corrected chi connectivity index (χ0v) is 10.3. The van der Waals surface area contributed by atoms with Gasteiger partial charge in [0.05, 0.1) is 17.2 Å². The predicted molar refractivity (Wildman–Crippen MR) is 65.4 cm³/mol. The minimum absolute atomic E-state index is 0.00874. The maximum Gasteiger partial charge on any atom is 0.336 e. The van der Waals surface area contributed by atoms with Crippen LogP contribution in [-0.2, 0) is 10.3 Å². The van der Waals surface area contributed by atoms with Gasteiger partial charge in [-0.2, -0.15) is 0 Å². The molecule has 1 aromatic carbocycles. The zero-order chi connectivity index (χ0) is 13.6. The molecule has 19 heavy (non-hydrogen) atoms. The Bertz CT molecular complexity index is 565. The van der Waals surface area contributed by atoms with Gasteiger partial charge in [-0.15, -0.1) is 0 Å². The van der Waals surface area contributed by atoms with Crippen molar-refractivity contribution in [2.75, 3.05) is 0 Å². The van der Waals surface area contributed by atoms with Crippen LogP contribution in [0.4, 0.5) is 0 Å². The quantitative estimate of drug-likeness (QED) is 0.816. The maximum absolute atomic E-state index is 11.4. The Morgan fingerprint density at radius 3 is 2.63 bits per heavy atom. The third kappa shape index (κ3) is 1.81. The lowest BCUT2D eigenvalue weighted by Gasteiger charge is -2.19. The fraction of sp³-hybridized carbons (Fsp3) is 0.429. The third-order valence-corrected chi connectivity index (χ3v) is 4.03. The fourth-order valence-electron chi connectivity index (χ4n) is 3.04. The van der Waals surface area contributed by atoms with Crippen molar-refractivity contribution in [3.8, 4) is 0 Å². The summed E-state index contributed by atoms with van der Waals surface area (Å²) in [5, 5.41) is 18.2. The van der Waals surface area contributed by atoms with Crippen LogP contribution in [0, 0.1) is 0 Å². The second-order valence-electron chi connectivity index (χ2n) is 5.11. The van der Waals surface area contributed by atoms with E-state index in [1.165, 1.54) is 12.1 Å². The summed E-state index contributed by atoms with van der Waals surface area (Å²) in [6, 6.07) is 4.27. The molecule has 1 aliphatic carbocycles. The number of rotatable bonds is 3. The predicted octanol–water partition coefficient (Wildman–Crippen LogP) is 2.25. The van der Waals surface area contributed by atoms with Crippen molar-refractivity contribution in [1.29, 1.82) is 0 Å². The molecule has 5 nitrogen and oxygen atoms in total. The second-order valence-corrected chi connectivity index (χ2v) is 5.11. The van der Waals surface area contributed by atoms with Gasteiger partial charge in [-0.25, -0.2) is 9.59 Å². The number of hydrogen-bond donors (Lipinski definition) is 2. The van der Waals surface area contributed by atoms with E-state index in [2.05, 4.69) is 0 Å². The first-order chi connectivity index (χ1) is 9.04. The normalized spacial score (nSPS) is 28.5. The van der Waals surface area contributed by atoms with Crippen LogP contribution >= 0.6 is 0 Å². The molecular formula is C14H14O5. The third-order valence-electron chi connectivity index (χ3n) is 4.03. The molecule has 1 heterocycles. The Morgan fingerprint density at radius 2 is 2.00 bits per heavy atom. The molecule has 100 valence electrons. The lowest BCUT2D eigenvalue weighted by atomic mass is 9.81. The number of epoxide rings is 1. The number of carboxylic acids is 2. The van der Waals surface area contributed by atoms with Crippen LogP contribution in [0.3, 0.4) is 0 Å². The number of aromatic carboxylic acids is 2. The molecule has 0 radical (unpaired) electrons. The molecule has 1 saturated carbocycles. The molecule has 2 unspecified atom stereocenters. The minimum Gasteiger partial charge on any atom is -0.478 e. The van der Waals surface area contributed by atoms with Crippen molar-refractivity contribution in [2.45, 2.75) is 37.4 Å². The highest BCUT2D eigenvalue weighted by atomic mass is 16.6. The Hall–Kier alpha value is -1.88. The highest BCUT2D eigenvalue weighted by Gasteiger charge is 2.59. The van der Waals surface area contributed by atoms with Gasteiger partial charge in [-0.1, -0.05) is 18.9 Å². The largest absolute Gasteiger partial charge is 0.478 e. The first-order valence-corrected chi connectivity index (χ1v) is 6.33. The topological polar surface area (TPSA) is 87.1 Å². The van der Waals surface area contributed by atoms with Crippen molar-refractivity contribution in [3.05, 3.63) is 34.9 Å². The first-order valence-electron chi connectivity index (χ1n) is 6.33. The number of hydrogen-bond acceptors (Lipinski definition) is 3. The number of carbonyl (C=O) groups is 2. The zero-order valence-electron chi connectivity index (χ0n) is 10.3. The van der Waals surface area contributed by atoms with Crippen LogP contribution in [0.1, 0.15) is 52.0 Å². The molecule has 5 heteroatoms. The van der Waals surface area contributed by atoms with E-state index in [9.17, 15) is 14.7 Å². The highest BCUT2D eigenvalue weighted by molar-refractivity contribution is 5.95. The van der Waals surface area contributed by atoms with Crippen molar-refractivity contribution in [3.63, 3.8) is 0 Å². The van der Waals surface area contributed by atoms with Crippen LogP contribution in [-0.4, -0.2) is 28.3 Å². The molecule has 0 bridgehead atoms. The van der Waals surface area contributed by atoms with E-state index in [0.717, 1.165) is 25.7 Å². The summed E-state index contributed by atoms with van der Waals surface area (Å²) in [5.41, 5.74) is 0.174. The van der Waals surface area contributed by atoms with Crippen molar-refractivity contribution in [2.24, 2.45) is 0 Å². The molecule has 2 aliphatic rings. The van der Waals surface area contributed by atoms with E-state index in [1.54, 1.807) is 6.07 Å². The summed E-state index contributed by atoms with van der Waals surface area (Å²) in [5.74, 6) is -2.23. The number of benzene rings is 1. The molecule has 2 N–H and O–H groups in total. The van der Waals surface area contributed by atoms with Gasteiger partial charge in [0, 0.05) is 5.56 Å². The highest BCUT2D eigenvalue weighted by Crippen LogP contribution is 2.56. The van der Waals surface area contributed by atoms with Crippen LogP contribution in [0.15, 0.2) is 18.2 Å². The van der Waals surface area contributed by atoms with Gasteiger partial charge in [0.1, 0.15) is 5.60 Å². The first kappa shape index (κ1) is 12.2. The van der Waals surface area contributed by atoms with E-state index in [0.29, 0.717) is 5.56 Å². The average molecular weight is 262 g/mol. The van der Waals surface area contributed by atoms with Crippen molar-refractivity contribution < 1.29 is 24.5 Å². The van der Waals surface area contributed by atoms with Gasteiger partial charge in [0.25, 0.3) is 0 Å². The molecule has 0 spiro atoms. The van der Waals surface area contributed by atoms with Gasteiger partial charge in [-0.3, -0.25) is 0 Å². The molecule has 2 fully saturated rings. The van der Waals surface area contributed by atoms with E-state index < -0.39 is 17.5 Å². The van der Waals surface area contributed by atoms with Crippen LogP contribution in [0.5, 0.6) is 0 Å². The molecular weight excluding hydrogens is 248 g/mol. The molecule has 1 saturated heterocycles. The van der Waals surface area contributed by atoms with Gasteiger partial charge in [0.15, 0.2) is 0 Å². The van der Waals surface area contributed by atoms with Crippen LogP contribution < -0.4 is 0 Å². The number of fused-ring (bicyclic) bond motifs is 1. The molecule has 2 atom stereocenters. The smallest absolute Gasteiger partial charge is 0.336 e. The summed E-state index contributed by atoms with van der Waals surface area (Å²) in [4.78, 5) is 22.3. The molecule has 1 aromatic rings. The van der Waals surface area contributed by atoms with Crippen molar-refractivity contribution in [1.82, 2.24) is 0 Å². The van der Waals surface area contributed by atoms with E-state index >= 15 is 0 Å². The summed E-state index contributed by atoms with van der Waals surface area (Å²) in [6.45, 7) is 0. The number of carboxylic acid groups (broad SMARTS) is 2. The maximum atomic E-state index is 11.4. The van der Waals surface area contributed by atoms with E-state index in [1.807, 2.05) is 0 Å². The lowest BCUT2D eigenvalue weighted by molar-refractivity contribution is 0.0692. The molecule has 3 rings (SSSR count). The molecule has 0 amide bonds. The van der Waals surface area contributed by atoms with Gasteiger partial charge in [0.2, 0.25) is 0 Å². The Kier molecular flexibility index (Phi) is 2.60. The SMILES string of the molecule is O=C(O)c1ccc(C23CCCCC2O3)c(C(=O)O)c1. The molecule has 0 aromatic heterocycles. The standard InChI is InChI=1S/C14H14O5/c15-12(16)8-4-5-10(9(7-8)13(17)18)14-6-2-1-3-11(14)19-14/h4-5,7,11H,1-3,6H2,(H,15,16)(H,17,18). The average Bonchev–Trinajstić information content (AvgIpc) is 3.13. The van der Waals surface area contributed by atoms with Crippen LogP contribution in [0.25, 0.3) is 0 Å². The van der Waals surface area contributed by atoms with Gasteiger partial charge < -0.3 is 14.9 Å². The van der Waals surface area contributed by atoms with E-state index in [4.69, 9.17) is 9.84 Å².